The lowest BCUT2D eigenvalue weighted by molar-refractivity contribution is -0.122. The van der Waals surface area contributed by atoms with Gasteiger partial charge in [0.15, 0.2) is 0 Å². The van der Waals surface area contributed by atoms with Crippen LogP contribution in [-0.2, 0) is 11.3 Å². The van der Waals surface area contributed by atoms with Crippen LogP contribution in [0, 0.1) is 38.0 Å². The van der Waals surface area contributed by atoms with Crippen LogP contribution in [0.3, 0.4) is 0 Å². The highest BCUT2D eigenvalue weighted by Crippen LogP contribution is 2.31. The smallest absolute Gasteiger partial charge is 0.330 e. The Morgan fingerprint density at radius 3 is 2.08 bits per heavy atom. The quantitative estimate of drug-likeness (QED) is 0.362. The van der Waals surface area contributed by atoms with E-state index >= 15 is 0 Å². The highest BCUT2D eigenvalue weighted by molar-refractivity contribution is 7.10. The Balaban J connectivity index is 1.98. The lowest BCUT2D eigenvalue weighted by Crippen LogP contribution is -2.47. The van der Waals surface area contributed by atoms with Gasteiger partial charge in [0.2, 0.25) is 5.91 Å². The lowest BCUT2D eigenvalue weighted by Gasteiger charge is -2.33. The minimum absolute atomic E-state index is 0.185. The van der Waals surface area contributed by atoms with Gasteiger partial charge in [-0.05, 0) is 85.8 Å². The number of aryl methyl sites for hydroxylation is 3. The Bertz CT molecular complexity index is 1270. The summed E-state index contributed by atoms with van der Waals surface area (Å²) in [6.45, 7) is 9.29. The molecule has 7 heteroatoms. The van der Waals surface area contributed by atoms with Crippen LogP contribution in [0.4, 0.5) is 10.5 Å². The molecule has 0 bridgehead atoms. The third-order valence-electron chi connectivity index (χ3n) is 6.44. The van der Waals surface area contributed by atoms with Crippen molar-refractivity contribution in [1.29, 1.82) is 5.26 Å². The van der Waals surface area contributed by atoms with Crippen molar-refractivity contribution in [2.75, 3.05) is 32.6 Å². The molecule has 0 unspecified atom stereocenters. The van der Waals surface area contributed by atoms with Gasteiger partial charge in [-0.25, -0.2) is 9.69 Å². The second kappa shape index (κ2) is 12.2. The molecule has 6 nitrogen and oxygen atoms in total. The first-order chi connectivity index (χ1) is 17.5. The van der Waals surface area contributed by atoms with Gasteiger partial charge in [0.25, 0.3) is 0 Å². The van der Waals surface area contributed by atoms with Crippen LogP contribution in [0.25, 0.3) is 0 Å². The molecule has 0 aliphatic heterocycles. The van der Waals surface area contributed by atoms with Crippen molar-refractivity contribution in [2.24, 2.45) is 5.92 Å². The van der Waals surface area contributed by atoms with Crippen molar-refractivity contribution in [1.82, 2.24) is 9.80 Å². The van der Waals surface area contributed by atoms with Gasteiger partial charge in [-0.15, -0.1) is 11.3 Å². The number of urea groups is 1. The summed E-state index contributed by atoms with van der Waals surface area (Å²) in [4.78, 5) is 33.6. The molecule has 2 atom stereocenters. The minimum Gasteiger partial charge on any atom is -0.330 e. The molecular weight excluding hydrogens is 480 g/mol. The molecule has 0 saturated heterocycles. The fourth-order valence-corrected chi connectivity index (χ4v) is 5.54. The summed E-state index contributed by atoms with van der Waals surface area (Å²) in [5.41, 5.74) is 5.33. The van der Waals surface area contributed by atoms with Crippen LogP contribution >= 0.6 is 11.3 Å². The van der Waals surface area contributed by atoms with E-state index < -0.39 is 5.92 Å². The van der Waals surface area contributed by atoms with Gasteiger partial charge < -0.3 is 9.80 Å². The van der Waals surface area contributed by atoms with Crippen LogP contribution in [-0.4, -0.2) is 49.4 Å². The molecule has 1 aromatic heterocycles. The molecule has 194 valence electrons. The van der Waals surface area contributed by atoms with Crippen LogP contribution in [0.5, 0.6) is 0 Å². The normalized spacial score (nSPS) is 12.6. The molecular formula is C30H36N4O2S. The average molecular weight is 517 g/mol. The van der Waals surface area contributed by atoms with Crippen molar-refractivity contribution in [3.05, 3.63) is 86.6 Å². The average Bonchev–Trinajstić information content (AvgIpc) is 3.25. The molecule has 1 heterocycles. The Hall–Kier alpha value is -3.47. The first-order valence-corrected chi connectivity index (χ1v) is 13.2. The van der Waals surface area contributed by atoms with Crippen molar-refractivity contribution in [2.45, 2.75) is 40.2 Å². The topological polar surface area (TPSA) is 67.6 Å². The predicted molar refractivity (Wildman–Crippen MR) is 151 cm³/mol. The van der Waals surface area contributed by atoms with E-state index in [1.165, 1.54) is 20.2 Å². The molecule has 0 fully saturated rings. The number of carbonyl (C=O) groups is 2. The van der Waals surface area contributed by atoms with Crippen molar-refractivity contribution in [3.8, 4) is 6.07 Å². The van der Waals surface area contributed by atoms with E-state index in [0.29, 0.717) is 17.8 Å². The highest BCUT2D eigenvalue weighted by Gasteiger charge is 2.34. The summed E-state index contributed by atoms with van der Waals surface area (Å²) in [6.07, 6.45) is 0. The third-order valence-corrected chi connectivity index (χ3v) is 7.48. The van der Waals surface area contributed by atoms with Gasteiger partial charge in [-0.1, -0.05) is 25.1 Å². The molecule has 3 aromatic rings. The van der Waals surface area contributed by atoms with E-state index in [1.807, 2.05) is 51.1 Å². The number of benzene rings is 2. The summed E-state index contributed by atoms with van der Waals surface area (Å²) in [6, 6.07) is 17.2. The number of carbonyl (C=O) groups excluding carboxylic acids is 2. The number of anilines is 1. The summed E-state index contributed by atoms with van der Waals surface area (Å²) in [5, 5.41) is 11.4. The molecule has 0 spiro atoms. The minimum atomic E-state index is -0.495. The van der Waals surface area contributed by atoms with Gasteiger partial charge in [0.1, 0.15) is 0 Å². The van der Waals surface area contributed by atoms with Crippen molar-refractivity contribution in [3.63, 3.8) is 0 Å². The summed E-state index contributed by atoms with van der Waals surface area (Å²) in [5.74, 6) is -0.932. The molecule has 0 radical (unpaired) electrons. The van der Waals surface area contributed by atoms with Gasteiger partial charge in [-0.2, -0.15) is 5.26 Å². The predicted octanol–water partition coefficient (Wildman–Crippen LogP) is 6.11. The first kappa shape index (κ1) is 28.1. The number of thiophene rings is 1. The van der Waals surface area contributed by atoms with E-state index in [2.05, 4.69) is 36.4 Å². The zero-order valence-electron chi connectivity index (χ0n) is 22.8. The van der Waals surface area contributed by atoms with E-state index in [4.69, 9.17) is 0 Å². The highest BCUT2D eigenvalue weighted by atomic mass is 32.1. The van der Waals surface area contributed by atoms with Gasteiger partial charge in [0.05, 0.1) is 17.3 Å². The second-order valence-corrected chi connectivity index (χ2v) is 11.1. The molecule has 0 N–H and O–H groups in total. The SMILES string of the molecule is Cc1cc(C)cc(N(C(=O)[C@@H](C)[C@@H](CN(C)Cc2cc(C)cs2)c2ccc(C#N)cc2)C(=O)N(C)C)c1. The number of likely N-dealkylation sites (N-methyl/N-ethyl adjacent to an activating group) is 1. The van der Waals surface area contributed by atoms with Crippen LogP contribution in [0.15, 0.2) is 53.9 Å². The molecule has 0 aliphatic rings. The Kier molecular flexibility index (Phi) is 9.25. The van der Waals surface area contributed by atoms with Crippen molar-refractivity contribution >= 4 is 29.0 Å². The molecule has 0 aliphatic carbocycles. The van der Waals surface area contributed by atoms with Gasteiger partial charge >= 0.3 is 6.03 Å². The number of imide groups is 1. The number of nitriles is 1. The number of amides is 3. The largest absolute Gasteiger partial charge is 0.330 e. The number of hydrogen-bond acceptors (Lipinski definition) is 5. The fraction of sp³-hybridized carbons (Fsp3) is 0.367. The van der Waals surface area contributed by atoms with Gasteiger partial charge in [0, 0.05) is 43.9 Å². The maximum absolute atomic E-state index is 14.1. The Morgan fingerprint density at radius 1 is 0.946 bits per heavy atom. The molecule has 37 heavy (non-hydrogen) atoms. The molecule has 0 saturated carbocycles. The van der Waals surface area contributed by atoms with E-state index in [9.17, 15) is 14.9 Å². The zero-order chi connectivity index (χ0) is 27.3. The molecule has 3 amide bonds. The maximum atomic E-state index is 14.1. The van der Waals surface area contributed by atoms with E-state index in [0.717, 1.165) is 23.2 Å². The molecule has 2 aromatic carbocycles. The van der Waals surface area contributed by atoms with E-state index in [1.54, 1.807) is 37.6 Å². The number of nitrogens with zero attached hydrogens (tertiary/aromatic N) is 4. The monoisotopic (exact) mass is 516 g/mol. The van der Waals surface area contributed by atoms with Crippen molar-refractivity contribution < 1.29 is 9.59 Å². The van der Waals surface area contributed by atoms with E-state index in [-0.39, 0.29) is 17.9 Å². The Morgan fingerprint density at radius 2 is 1.57 bits per heavy atom. The van der Waals surface area contributed by atoms with Gasteiger partial charge in [-0.3, -0.25) is 4.79 Å². The number of rotatable bonds is 8. The Labute approximate surface area is 224 Å². The summed E-state index contributed by atoms with van der Waals surface area (Å²) < 4.78 is 0. The second-order valence-electron chi connectivity index (χ2n) is 10.1. The molecule has 3 rings (SSSR count). The lowest BCUT2D eigenvalue weighted by atomic mass is 9.85. The maximum Gasteiger partial charge on any atom is 0.330 e. The first-order valence-electron chi connectivity index (χ1n) is 12.4. The summed E-state index contributed by atoms with van der Waals surface area (Å²) >= 11 is 1.73. The fourth-order valence-electron chi connectivity index (χ4n) is 4.58. The summed E-state index contributed by atoms with van der Waals surface area (Å²) in [7, 11) is 5.37. The zero-order valence-corrected chi connectivity index (χ0v) is 23.6. The standard InChI is InChI=1S/C30H36N4O2S/c1-20-12-21(2)14-26(13-20)34(30(36)32(5)6)29(35)23(4)28(25-10-8-24(16-31)9-11-25)18-33(7)17-27-15-22(3)19-37-27/h8-15,19,23,28H,17-18H2,1-7H3/t23-,28+/m0/s1. The van der Waals surface area contributed by atoms with Crippen LogP contribution in [0.1, 0.15) is 45.5 Å². The van der Waals surface area contributed by atoms with Crippen LogP contribution in [0.2, 0.25) is 0 Å². The third kappa shape index (κ3) is 7.06. The number of hydrogen-bond donors (Lipinski definition) is 0. The van der Waals surface area contributed by atoms with Crippen LogP contribution < -0.4 is 4.90 Å².